The summed E-state index contributed by atoms with van der Waals surface area (Å²) < 4.78 is 6.35. The molecule has 4 aromatic carbocycles. The zero-order valence-corrected chi connectivity index (χ0v) is 15.4. The molecule has 132 valence electrons. The molecule has 2 heteroatoms. The van der Waals surface area contributed by atoms with E-state index in [0.717, 1.165) is 22.2 Å². The molecule has 0 saturated carbocycles. The van der Waals surface area contributed by atoms with Crippen LogP contribution in [0.5, 0.6) is 0 Å². The van der Waals surface area contributed by atoms with E-state index < -0.39 is 0 Å². The summed E-state index contributed by atoms with van der Waals surface area (Å²) in [6, 6.07) is 28.2. The largest absolute Gasteiger partial charge is 0.454 e. The van der Waals surface area contributed by atoms with Gasteiger partial charge in [-0.1, -0.05) is 66.7 Å². The number of furan rings is 1. The molecule has 1 aliphatic heterocycles. The van der Waals surface area contributed by atoms with Crippen LogP contribution in [-0.4, -0.2) is 0 Å². The predicted octanol–water partition coefficient (Wildman–Crippen LogP) is 6.98. The highest BCUT2D eigenvalue weighted by Gasteiger charge is 2.46. The molecule has 0 spiro atoms. The molecule has 1 unspecified atom stereocenters. The molecule has 7 rings (SSSR count). The van der Waals surface area contributed by atoms with E-state index in [0.29, 0.717) is 0 Å². The average Bonchev–Trinajstić information content (AvgIpc) is 3.24. The minimum absolute atomic E-state index is 0.184. The summed E-state index contributed by atoms with van der Waals surface area (Å²) in [5.41, 5.74) is 10.7. The first-order valence-electron chi connectivity index (χ1n) is 9.72. The van der Waals surface area contributed by atoms with Crippen LogP contribution in [0.4, 0.5) is 11.4 Å². The molecule has 5 aromatic rings. The quantitative estimate of drug-likeness (QED) is 0.323. The molecule has 2 aliphatic rings. The van der Waals surface area contributed by atoms with Crippen molar-refractivity contribution in [1.82, 2.24) is 0 Å². The van der Waals surface area contributed by atoms with Crippen LogP contribution in [0.1, 0.15) is 23.6 Å². The van der Waals surface area contributed by atoms with Crippen LogP contribution in [0.25, 0.3) is 33.1 Å². The minimum atomic E-state index is -0.184. The Kier molecular flexibility index (Phi) is 2.42. The lowest BCUT2D eigenvalue weighted by molar-refractivity contribution is 0.662. The van der Waals surface area contributed by atoms with Gasteiger partial charge < -0.3 is 9.73 Å². The highest BCUT2D eigenvalue weighted by Crippen LogP contribution is 2.60. The summed E-state index contributed by atoms with van der Waals surface area (Å²) in [4.78, 5) is 0. The van der Waals surface area contributed by atoms with Gasteiger partial charge in [-0.3, -0.25) is 0 Å². The van der Waals surface area contributed by atoms with E-state index in [9.17, 15) is 0 Å². The summed E-state index contributed by atoms with van der Waals surface area (Å²) in [6.45, 7) is 2.36. The monoisotopic (exact) mass is 359 g/mol. The van der Waals surface area contributed by atoms with Crippen LogP contribution >= 0.6 is 0 Å². The first-order chi connectivity index (χ1) is 13.8. The SMILES string of the molecule is CC12c3ccccc3-c3cccc(c31)Nc1c2ccc2c1oc1ccccc12. The molecule has 1 atom stereocenters. The summed E-state index contributed by atoms with van der Waals surface area (Å²) in [5.74, 6) is 0. The van der Waals surface area contributed by atoms with Gasteiger partial charge in [-0.15, -0.1) is 0 Å². The molecule has 1 aliphatic carbocycles. The van der Waals surface area contributed by atoms with E-state index in [-0.39, 0.29) is 5.41 Å². The molecule has 0 radical (unpaired) electrons. The van der Waals surface area contributed by atoms with E-state index in [4.69, 9.17) is 4.42 Å². The molecule has 1 N–H and O–H groups in total. The molecule has 1 aromatic heterocycles. The van der Waals surface area contributed by atoms with E-state index in [1.54, 1.807) is 0 Å². The maximum Gasteiger partial charge on any atom is 0.159 e. The molecular weight excluding hydrogens is 342 g/mol. The van der Waals surface area contributed by atoms with Gasteiger partial charge in [0.15, 0.2) is 5.58 Å². The lowest BCUT2D eigenvalue weighted by Gasteiger charge is -2.36. The van der Waals surface area contributed by atoms with Crippen molar-refractivity contribution < 1.29 is 4.42 Å². The maximum absolute atomic E-state index is 6.35. The van der Waals surface area contributed by atoms with Crippen LogP contribution in [0.3, 0.4) is 0 Å². The van der Waals surface area contributed by atoms with E-state index in [1.807, 2.05) is 12.1 Å². The summed E-state index contributed by atoms with van der Waals surface area (Å²) in [6.07, 6.45) is 0. The normalized spacial score (nSPS) is 18.6. The Morgan fingerprint density at radius 1 is 0.714 bits per heavy atom. The van der Waals surface area contributed by atoms with Crippen LogP contribution in [0.2, 0.25) is 0 Å². The average molecular weight is 359 g/mol. The van der Waals surface area contributed by atoms with Crippen molar-refractivity contribution in [3.05, 3.63) is 95.6 Å². The van der Waals surface area contributed by atoms with Crippen molar-refractivity contribution in [3.8, 4) is 11.1 Å². The third-order valence-electron chi connectivity index (χ3n) is 6.67. The zero-order chi connectivity index (χ0) is 18.5. The molecular formula is C26H17NO. The summed E-state index contributed by atoms with van der Waals surface area (Å²) in [7, 11) is 0. The van der Waals surface area contributed by atoms with Gasteiger partial charge in [0.1, 0.15) is 5.58 Å². The number of hydrogen-bond donors (Lipinski definition) is 1. The Morgan fingerprint density at radius 2 is 1.54 bits per heavy atom. The highest BCUT2D eigenvalue weighted by molar-refractivity contribution is 6.11. The van der Waals surface area contributed by atoms with Gasteiger partial charge in [0.05, 0.1) is 5.69 Å². The van der Waals surface area contributed by atoms with Crippen molar-refractivity contribution in [2.75, 3.05) is 5.32 Å². The van der Waals surface area contributed by atoms with Crippen molar-refractivity contribution in [1.29, 1.82) is 0 Å². The number of para-hydroxylation sites is 1. The number of rotatable bonds is 0. The standard InChI is InChI=1S/C26H17NO/c1-26-19-10-4-2-7-15(19)17-9-6-11-21(23(17)26)27-24-20(26)14-13-18-16-8-3-5-12-22(16)28-25(18)24/h2-14,27H,1H3. The second-order valence-corrected chi connectivity index (χ2v) is 7.99. The van der Waals surface area contributed by atoms with Crippen LogP contribution in [0.15, 0.2) is 83.3 Å². The first-order valence-corrected chi connectivity index (χ1v) is 9.72. The maximum atomic E-state index is 6.35. The van der Waals surface area contributed by atoms with Gasteiger partial charge in [0.2, 0.25) is 0 Å². The van der Waals surface area contributed by atoms with Crippen molar-refractivity contribution in [3.63, 3.8) is 0 Å². The van der Waals surface area contributed by atoms with Gasteiger partial charge in [-0.05, 0) is 46.9 Å². The number of anilines is 2. The van der Waals surface area contributed by atoms with E-state index in [1.165, 1.54) is 38.9 Å². The molecule has 0 saturated heterocycles. The van der Waals surface area contributed by atoms with Gasteiger partial charge in [0.25, 0.3) is 0 Å². The molecule has 2 nitrogen and oxygen atoms in total. The zero-order valence-electron chi connectivity index (χ0n) is 15.4. The number of benzene rings is 4. The number of hydrogen-bond acceptors (Lipinski definition) is 2. The van der Waals surface area contributed by atoms with Gasteiger partial charge >= 0.3 is 0 Å². The van der Waals surface area contributed by atoms with Crippen LogP contribution in [0, 0.1) is 0 Å². The Morgan fingerprint density at radius 3 is 2.50 bits per heavy atom. The highest BCUT2D eigenvalue weighted by atomic mass is 16.3. The smallest absolute Gasteiger partial charge is 0.159 e. The summed E-state index contributed by atoms with van der Waals surface area (Å²) in [5, 5.41) is 6.05. The molecule has 28 heavy (non-hydrogen) atoms. The van der Waals surface area contributed by atoms with Crippen molar-refractivity contribution in [2.24, 2.45) is 0 Å². The number of nitrogens with one attached hydrogen (secondary N) is 1. The first kappa shape index (κ1) is 14.5. The van der Waals surface area contributed by atoms with Crippen molar-refractivity contribution >= 4 is 33.3 Å². The fourth-order valence-electron chi connectivity index (χ4n) is 5.45. The van der Waals surface area contributed by atoms with Crippen LogP contribution in [-0.2, 0) is 5.41 Å². The lowest BCUT2D eigenvalue weighted by atomic mass is 9.71. The van der Waals surface area contributed by atoms with Crippen LogP contribution < -0.4 is 5.32 Å². The molecule has 2 heterocycles. The fourth-order valence-corrected chi connectivity index (χ4v) is 5.45. The van der Waals surface area contributed by atoms with Gasteiger partial charge in [-0.25, -0.2) is 0 Å². The van der Waals surface area contributed by atoms with Gasteiger partial charge in [-0.2, -0.15) is 0 Å². The van der Waals surface area contributed by atoms with Crippen molar-refractivity contribution in [2.45, 2.75) is 12.3 Å². The fraction of sp³-hybridized carbons (Fsp3) is 0.0769. The molecule has 0 amide bonds. The molecule has 0 fully saturated rings. The Hall–Kier alpha value is -3.52. The van der Waals surface area contributed by atoms with E-state index in [2.05, 4.69) is 79.0 Å². The Bertz CT molecular complexity index is 1460. The molecule has 0 bridgehead atoms. The third-order valence-corrected chi connectivity index (χ3v) is 6.67. The topological polar surface area (TPSA) is 25.2 Å². The summed E-state index contributed by atoms with van der Waals surface area (Å²) >= 11 is 0. The second kappa shape index (κ2) is 4.66. The Balaban J connectivity index is 1.66. The number of fused-ring (bicyclic) bond motifs is 9. The third kappa shape index (κ3) is 1.49. The second-order valence-electron chi connectivity index (χ2n) is 7.99. The van der Waals surface area contributed by atoms with Gasteiger partial charge in [0, 0.05) is 21.9 Å². The van der Waals surface area contributed by atoms with E-state index >= 15 is 0 Å². The lowest BCUT2D eigenvalue weighted by Crippen LogP contribution is -2.28. The minimum Gasteiger partial charge on any atom is -0.454 e. The predicted molar refractivity (Wildman–Crippen MR) is 114 cm³/mol. The Labute approximate surface area is 162 Å².